The van der Waals surface area contributed by atoms with Crippen LogP contribution in [0, 0.1) is 5.41 Å². The van der Waals surface area contributed by atoms with E-state index in [1.807, 2.05) is 0 Å². The third kappa shape index (κ3) is 2.45. The number of rotatable bonds is 3. The molecule has 2 saturated heterocycles. The zero-order valence-electron chi connectivity index (χ0n) is 11.4. The minimum Gasteiger partial charge on any atom is -0.396 e. The van der Waals surface area contributed by atoms with Gasteiger partial charge in [0.1, 0.15) is 0 Å². The van der Waals surface area contributed by atoms with Gasteiger partial charge < -0.3 is 15.2 Å². The molecule has 0 bridgehead atoms. The summed E-state index contributed by atoms with van der Waals surface area (Å²) in [6.45, 7) is 2.39. The Morgan fingerprint density at radius 2 is 1.94 bits per heavy atom. The third-order valence-electron chi connectivity index (χ3n) is 5.41. The summed E-state index contributed by atoms with van der Waals surface area (Å²) in [6, 6.07) is 0. The number of piperidine rings is 1. The number of hydrogen-bond donors (Lipinski definition) is 2. The molecule has 3 heteroatoms. The Morgan fingerprint density at radius 1 is 1.11 bits per heavy atom. The molecule has 0 radical (unpaired) electrons. The smallest absolute Gasteiger partial charge is 0.0687 e. The van der Waals surface area contributed by atoms with E-state index in [2.05, 4.69) is 5.32 Å². The van der Waals surface area contributed by atoms with Crippen LogP contribution in [0.15, 0.2) is 0 Å². The summed E-state index contributed by atoms with van der Waals surface area (Å²) in [5.41, 5.74) is 0.330. The molecule has 1 aliphatic carbocycles. The van der Waals surface area contributed by atoms with Crippen LogP contribution in [0.1, 0.15) is 57.8 Å². The highest BCUT2D eigenvalue weighted by molar-refractivity contribution is 4.96. The topological polar surface area (TPSA) is 41.5 Å². The highest BCUT2D eigenvalue weighted by atomic mass is 16.5. The van der Waals surface area contributed by atoms with Crippen molar-refractivity contribution in [3.8, 4) is 0 Å². The fraction of sp³-hybridized carbons (Fsp3) is 1.00. The van der Waals surface area contributed by atoms with Crippen molar-refractivity contribution in [3.05, 3.63) is 0 Å². The van der Waals surface area contributed by atoms with E-state index in [9.17, 15) is 5.11 Å². The first-order valence-electron chi connectivity index (χ1n) is 7.75. The van der Waals surface area contributed by atoms with Crippen LogP contribution in [-0.4, -0.2) is 36.5 Å². The molecular weight excluding hydrogens is 226 g/mol. The summed E-state index contributed by atoms with van der Waals surface area (Å²) in [6.07, 6.45) is 11.5. The molecule has 3 aliphatic rings. The summed E-state index contributed by atoms with van der Waals surface area (Å²) in [5.74, 6) is 0. The fourth-order valence-electron chi connectivity index (χ4n) is 4.31. The van der Waals surface area contributed by atoms with Crippen molar-refractivity contribution >= 4 is 0 Å². The Kier molecular flexibility index (Phi) is 3.65. The maximum Gasteiger partial charge on any atom is 0.0687 e. The molecule has 0 amide bonds. The van der Waals surface area contributed by atoms with Gasteiger partial charge in [-0.1, -0.05) is 12.8 Å². The molecule has 1 saturated carbocycles. The van der Waals surface area contributed by atoms with E-state index in [4.69, 9.17) is 4.74 Å². The SMILES string of the molecule is OCC1(CC2CCC3(CCCC3)O2)CCCNC1. The highest BCUT2D eigenvalue weighted by Crippen LogP contribution is 2.46. The molecule has 2 heterocycles. The molecule has 3 rings (SSSR count). The van der Waals surface area contributed by atoms with E-state index in [1.54, 1.807) is 0 Å². The Labute approximate surface area is 110 Å². The predicted octanol–water partition coefficient (Wildman–Crippen LogP) is 2.23. The van der Waals surface area contributed by atoms with E-state index >= 15 is 0 Å². The Hall–Kier alpha value is -0.120. The van der Waals surface area contributed by atoms with Gasteiger partial charge in [-0.25, -0.2) is 0 Å². The number of hydrogen-bond acceptors (Lipinski definition) is 3. The lowest BCUT2D eigenvalue weighted by molar-refractivity contribution is -0.0633. The van der Waals surface area contributed by atoms with Gasteiger partial charge in [-0.2, -0.15) is 0 Å². The van der Waals surface area contributed by atoms with E-state index in [0.717, 1.165) is 25.9 Å². The van der Waals surface area contributed by atoms with Crippen molar-refractivity contribution in [2.45, 2.75) is 69.5 Å². The number of aliphatic hydroxyl groups excluding tert-OH is 1. The predicted molar refractivity (Wildman–Crippen MR) is 71.5 cm³/mol. The number of ether oxygens (including phenoxy) is 1. The second kappa shape index (κ2) is 5.10. The van der Waals surface area contributed by atoms with E-state index in [-0.39, 0.29) is 11.0 Å². The van der Waals surface area contributed by atoms with Crippen molar-refractivity contribution in [1.29, 1.82) is 0 Å². The first-order chi connectivity index (χ1) is 8.76. The average molecular weight is 253 g/mol. The molecule has 3 nitrogen and oxygen atoms in total. The van der Waals surface area contributed by atoms with Crippen LogP contribution in [-0.2, 0) is 4.74 Å². The van der Waals surface area contributed by atoms with Gasteiger partial charge in [0.2, 0.25) is 0 Å². The van der Waals surface area contributed by atoms with Gasteiger partial charge in [-0.3, -0.25) is 0 Å². The van der Waals surface area contributed by atoms with Gasteiger partial charge in [0.05, 0.1) is 18.3 Å². The first kappa shape index (κ1) is 12.9. The van der Waals surface area contributed by atoms with Gasteiger partial charge in [-0.05, 0) is 51.5 Å². The maximum atomic E-state index is 9.76. The van der Waals surface area contributed by atoms with Crippen molar-refractivity contribution in [2.75, 3.05) is 19.7 Å². The average Bonchev–Trinajstić information content (AvgIpc) is 3.02. The van der Waals surface area contributed by atoms with Gasteiger partial charge in [0.25, 0.3) is 0 Å². The molecule has 0 aromatic heterocycles. The van der Waals surface area contributed by atoms with Crippen LogP contribution in [0.4, 0.5) is 0 Å². The Morgan fingerprint density at radius 3 is 2.61 bits per heavy atom. The van der Waals surface area contributed by atoms with Crippen LogP contribution in [0.2, 0.25) is 0 Å². The number of aliphatic hydroxyl groups is 1. The summed E-state index contributed by atoms with van der Waals surface area (Å²) in [7, 11) is 0. The molecule has 0 aromatic rings. The van der Waals surface area contributed by atoms with Gasteiger partial charge in [-0.15, -0.1) is 0 Å². The summed E-state index contributed by atoms with van der Waals surface area (Å²) in [4.78, 5) is 0. The summed E-state index contributed by atoms with van der Waals surface area (Å²) in [5, 5.41) is 13.2. The summed E-state index contributed by atoms with van der Waals surface area (Å²) >= 11 is 0. The molecular formula is C15H27NO2. The van der Waals surface area contributed by atoms with Gasteiger partial charge >= 0.3 is 0 Å². The zero-order chi connectivity index (χ0) is 12.5. The lowest BCUT2D eigenvalue weighted by Crippen LogP contribution is -2.44. The monoisotopic (exact) mass is 253 g/mol. The first-order valence-corrected chi connectivity index (χ1v) is 7.75. The molecule has 3 fully saturated rings. The van der Waals surface area contributed by atoms with E-state index < -0.39 is 0 Å². The molecule has 2 aliphatic heterocycles. The van der Waals surface area contributed by atoms with Crippen LogP contribution in [0.5, 0.6) is 0 Å². The normalized spacial score (nSPS) is 39.5. The molecule has 18 heavy (non-hydrogen) atoms. The van der Waals surface area contributed by atoms with Crippen LogP contribution >= 0.6 is 0 Å². The molecule has 0 aromatic carbocycles. The maximum absolute atomic E-state index is 9.76. The Balaban J connectivity index is 1.59. The largest absolute Gasteiger partial charge is 0.396 e. The van der Waals surface area contributed by atoms with E-state index in [1.165, 1.54) is 44.9 Å². The quantitative estimate of drug-likeness (QED) is 0.810. The summed E-state index contributed by atoms with van der Waals surface area (Å²) < 4.78 is 6.40. The van der Waals surface area contributed by atoms with Crippen molar-refractivity contribution in [3.63, 3.8) is 0 Å². The fourth-order valence-corrected chi connectivity index (χ4v) is 4.31. The standard InChI is InChI=1S/C15H27NO2/c17-12-14(5-3-9-16-11-14)10-13-4-8-15(18-13)6-1-2-7-15/h13,16-17H,1-12H2. The molecule has 2 atom stereocenters. The second-order valence-corrected chi connectivity index (χ2v) is 6.81. The third-order valence-corrected chi connectivity index (χ3v) is 5.41. The highest BCUT2D eigenvalue weighted by Gasteiger charge is 2.45. The second-order valence-electron chi connectivity index (χ2n) is 6.81. The van der Waals surface area contributed by atoms with Crippen molar-refractivity contribution in [2.24, 2.45) is 5.41 Å². The molecule has 1 spiro atoms. The molecule has 2 N–H and O–H groups in total. The Bertz CT molecular complexity index is 280. The van der Waals surface area contributed by atoms with Crippen LogP contribution in [0.25, 0.3) is 0 Å². The lowest BCUT2D eigenvalue weighted by atomic mass is 9.76. The molecule has 104 valence electrons. The van der Waals surface area contributed by atoms with Gasteiger partial charge in [0, 0.05) is 12.0 Å². The van der Waals surface area contributed by atoms with Crippen molar-refractivity contribution < 1.29 is 9.84 Å². The van der Waals surface area contributed by atoms with Crippen LogP contribution in [0.3, 0.4) is 0 Å². The lowest BCUT2D eigenvalue weighted by Gasteiger charge is -2.38. The minimum atomic E-state index is 0.0903. The van der Waals surface area contributed by atoms with Crippen molar-refractivity contribution in [1.82, 2.24) is 5.32 Å². The number of nitrogens with one attached hydrogen (secondary N) is 1. The minimum absolute atomic E-state index is 0.0903. The van der Waals surface area contributed by atoms with Gasteiger partial charge in [0.15, 0.2) is 0 Å². The zero-order valence-corrected chi connectivity index (χ0v) is 11.4. The molecule has 2 unspecified atom stereocenters. The van der Waals surface area contributed by atoms with E-state index in [0.29, 0.717) is 12.7 Å². The van der Waals surface area contributed by atoms with Crippen LogP contribution < -0.4 is 5.32 Å².